The maximum Gasteiger partial charge on any atom is 0.0481 e. The zero-order valence-corrected chi connectivity index (χ0v) is 11.3. The molecule has 1 aromatic rings. The molecule has 1 saturated heterocycles. The third kappa shape index (κ3) is 3.36. The van der Waals surface area contributed by atoms with Gasteiger partial charge in [-0.1, -0.05) is 43.8 Å². The Morgan fingerprint density at radius 3 is 2.83 bits per heavy atom. The molecule has 2 atom stereocenters. The molecular formula is C16H24N2. The molecule has 1 fully saturated rings. The van der Waals surface area contributed by atoms with Gasteiger partial charge in [-0.05, 0) is 30.7 Å². The second kappa shape index (κ2) is 6.05. The lowest BCUT2D eigenvalue weighted by Gasteiger charge is -2.36. The highest BCUT2D eigenvalue weighted by atomic mass is 15.2. The first-order chi connectivity index (χ1) is 8.66. The molecule has 0 aromatic heterocycles. The molecule has 2 unspecified atom stereocenters. The Kier molecular flexibility index (Phi) is 4.43. The van der Waals surface area contributed by atoms with Gasteiger partial charge in [-0.2, -0.15) is 0 Å². The summed E-state index contributed by atoms with van der Waals surface area (Å²) in [6.07, 6.45) is 3.47. The van der Waals surface area contributed by atoms with Crippen LogP contribution >= 0.6 is 0 Å². The first kappa shape index (κ1) is 13.2. The number of likely N-dealkylation sites (tertiary alicyclic amines) is 1. The quantitative estimate of drug-likeness (QED) is 0.882. The normalized spacial score (nSPS) is 21.7. The molecule has 0 amide bonds. The van der Waals surface area contributed by atoms with Crippen LogP contribution in [-0.4, -0.2) is 24.0 Å². The third-order valence-electron chi connectivity index (χ3n) is 3.79. The van der Waals surface area contributed by atoms with Crippen LogP contribution in [0.25, 0.3) is 0 Å². The molecule has 2 N–H and O–H groups in total. The summed E-state index contributed by atoms with van der Waals surface area (Å²) in [5.41, 5.74) is 8.67. The van der Waals surface area contributed by atoms with E-state index in [2.05, 4.69) is 42.7 Å². The summed E-state index contributed by atoms with van der Waals surface area (Å²) in [6, 6.07) is 10.5. The Morgan fingerprint density at radius 2 is 2.17 bits per heavy atom. The fourth-order valence-electron chi connectivity index (χ4n) is 2.67. The van der Waals surface area contributed by atoms with Gasteiger partial charge in [-0.3, -0.25) is 0 Å². The minimum atomic E-state index is 0.0395. The summed E-state index contributed by atoms with van der Waals surface area (Å²) in [6.45, 7) is 8.75. The molecule has 0 radical (unpaired) electrons. The van der Waals surface area contributed by atoms with Crippen molar-refractivity contribution in [3.8, 4) is 0 Å². The highest BCUT2D eigenvalue weighted by Crippen LogP contribution is 2.20. The van der Waals surface area contributed by atoms with E-state index in [4.69, 9.17) is 5.73 Å². The fraction of sp³-hybridized carbons (Fsp3) is 0.500. The van der Waals surface area contributed by atoms with Gasteiger partial charge in [0.05, 0.1) is 0 Å². The zero-order valence-electron chi connectivity index (χ0n) is 11.3. The van der Waals surface area contributed by atoms with Crippen molar-refractivity contribution in [1.29, 1.82) is 0 Å². The Hall–Kier alpha value is -1.28. The van der Waals surface area contributed by atoms with E-state index in [-0.39, 0.29) is 6.04 Å². The molecule has 2 rings (SSSR count). The van der Waals surface area contributed by atoms with Gasteiger partial charge in [-0.25, -0.2) is 0 Å². The smallest absolute Gasteiger partial charge is 0.0481 e. The zero-order chi connectivity index (χ0) is 13.0. The SMILES string of the molecule is C=C(C(N)Cc1ccccc1)N1CCCC(C)C1. The van der Waals surface area contributed by atoms with E-state index in [1.165, 1.54) is 18.4 Å². The van der Waals surface area contributed by atoms with E-state index in [0.717, 1.165) is 31.1 Å². The third-order valence-corrected chi connectivity index (χ3v) is 3.79. The van der Waals surface area contributed by atoms with Crippen molar-refractivity contribution >= 4 is 0 Å². The largest absolute Gasteiger partial charge is 0.374 e. The van der Waals surface area contributed by atoms with Gasteiger partial charge >= 0.3 is 0 Å². The summed E-state index contributed by atoms with van der Waals surface area (Å²) in [5, 5.41) is 0. The van der Waals surface area contributed by atoms with E-state index in [0.29, 0.717) is 0 Å². The minimum Gasteiger partial charge on any atom is -0.374 e. The van der Waals surface area contributed by atoms with Crippen molar-refractivity contribution in [2.75, 3.05) is 13.1 Å². The molecule has 18 heavy (non-hydrogen) atoms. The number of rotatable bonds is 4. The molecular weight excluding hydrogens is 220 g/mol. The molecule has 2 nitrogen and oxygen atoms in total. The van der Waals surface area contributed by atoms with E-state index in [1.54, 1.807) is 0 Å². The van der Waals surface area contributed by atoms with Crippen LogP contribution in [0.3, 0.4) is 0 Å². The van der Waals surface area contributed by atoms with Gasteiger partial charge in [0.1, 0.15) is 0 Å². The minimum absolute atomic E-state index is 0.0395. The highest BCUT2D eigenvalue weighted by Gasteiger charge is 2.20. The van der Waals surface area contributed by atoms with Crippen LogP contribution in [0.4, 0.5) is 0 Å². The molecule has 0 spiro atoms. The van der Waals surface area contributed by atoms with E-state index in [9.17, 15) is 0 Å². The van der Waals surface area contributed by atoms with Crippen LogP contribution in [0.1, 0.15) is 25.3 Å². The number of hydrogen-bond donors (Lipinski definition) is 1. The number of benzene rings is 1. The van der Waals surface area contributed by atoms with Gasteiger partial charge in [0.15, 0.2) is 0 Å². The van der Waals surface area contributed by atoms with Crippen LogP contribution in [0.15, 0.2) is 42.6 Å². The van der Waals surface area contributed by atoms with Crippen molar-refractivity contribution in [3.05, 3.63) is 48.2 Å². The molecule has 1 aliphatic heterocycles. The van der Waals surface area contributed by atoms with Gasteiger partial charge in [-0.15, -0.1) is 0 Å². The Balaban J connectivity index is 1.92. The summed E-state index contributed by atoms with van der Waals surface area (Å²) < 4.78 is 0. The predicted octanol–water partition coefficient (Wildman–Crippen LogP) is 2.80. The summed E-state index contributed by atoms with van der Waals surface area (Å²) >= 11 is 0. The first-order valence-electron chi connectivity index (χ1n) is 6.90. The fourth-order valence-corrected chi connectivity index (χ4v) is 2.67. The Morgan fingerprint density at radius 1 is 1.44 bits per heavy atom. The lowest BCUT2D eigenvalue weighted by Crippen LogP contribution is -2.41. The van der Waals surface area contributed by atoms with Crippen molar-refractivity contribution in [1.82, 2.24) is 4.90 Å². The predicted molar refractivity (Wildman–Crippen MR) is 77.2 cm³/mol. The van der Waals surface area contributed by atoms with Crippen LogP contribution < -0.4 is 5.73 Å². The van der Waals surface area contributed by atoms with Gasteiger partial charge < -0.3 is 10.6 Å². The molecule has 98 valence electrons. The van der Waals surface area contributed by atoms with Crippen LogP contribution in [0.5, 0.6) is 0 Å². The molecule has 1 heterocycles. The lowest BCUT2D eigenvalue weighted by molar-refractivity contribution is 0.218. The molecule has 2 heteroatoms. The lowest BCUT2D eigenvalue weighted by atomic mass is 9.97. The van der Waals surface area contributed by atoms with Crippen LogP contribution in [0, 0.1) is 5.92 Å². The average Bonchev–Trinajstić information content (AvgIpc) is 2.39. The van der Waals surface area contributed by atoms with Crippen molar-refractivity contribution < 1.29 is 0 Å². The summed E-state index contributed by atoms with van der Waals surface area (Å²) in [7, 11) is 0. The maximum absolute atomic E-state index is 6.28. The maximum atomic E-state index is 6.28. The van der Waals surface area contributed by atoms with Crippen LogP contribution in [0.2, 0.25) is 0 Å². The van der Waals surface area contributed by atoms with E-state index in [1.807, 2.05) is 6.07 Å². The molecule has 0 saturated carbocycles. The summed E-state index contributed by atoms with van der Waals surface area (Å²) in [4.78, 5) is 2.38. The molecule has 0 bridgehead atoms. The second-order valence-corrected chi connectivity index (χ2v) is 5.48. The van der Waals surface area contributed by atoms with Gasteiger partial charge in [0.2, 0.25) is 0 Å². The van der Waals surface area contributed by atoms with E-state index < -0.39 is 0 Å². The van der Waals surface area contributed by atoms with Crippen molar-refractivity contribution in [3.63, 3.8) is 0 Å². The van der Waals surface area contributed by atoms with Crippen LogP contribution in [-0.2, 0) is 6.42 Å². The van der Waals surface area contributed by atoms with Gasteiger partial charge in [0, 0.05) is 24.8 Å². The number of nitrogens with zero attached hydrogens (tertiary/aromatic N) is 1. The number of piperidine rings is 1. The van der Waals surface area contributed by atoms with Gasteiger partial charge in [0.25, 0.3) is 0 Å². The standard InChI is InChI=1S/C16H24N2/c1-13-7-6-10-18(12-13)14(2)16(17)11-15-8-4-3-5-9-15/h3-5,8-9,13,16H,2,6-7,10-12,17H2,1H3. The Bertz CT molecular complexity index is 385. The average molecular weight is 244 g/mol. The summed E-state index contributed by atoms with van der Waals surface area (Å²) in [5.74, 6) is 0.763. The Labute approximate surface area is 110 Å². The molecule has 1 aliphatic rings. The van der Waals surface area contributed by atoms with Crippen molar-refractivity contribution in [2.45, 2.75) is 32.2 Å². The number of hydrogen-bond acceptors (Lipinski definition) is 2. The molecule has 1 aromatic carbocycles. The number of nitrogens with two attached hydrogens (primary N) is 1. The second-order valence-electron chi connectivity index (χ2n) is 5.48. The highest BCUT2D eigenvalue weighted by molar-refractivity contribution is 5.19. The monoisotopic (exact) mass is 244 g/mol. The first-order valence-corrected chi connectivity index (χ1v) is 6.90. The molecule has 0 aliphatic carbocycles. The van der Waals surface area contributed by atoms with Crippen molar-refractivity contribution in [2.24, 2.45) is 11.7 Å². The topological polar surface area (TPSA) is 29.3 Å². The van der Waals surface area contributed by atoms with E-state index >= 15 is 0 Å².